The van der Waals surface area contributed by atoms with Crippen molar-refractivity contribution in [3.05, 3.63) is 129 Å². The highest BCUT2D eigenvalue weighted by Gasteiger charge is 2.45. The zero-order valence-corrected chi connectivity index (χ0v) is 32.6. The van der Waals surface area contributed by atoms with Gasteiger partial charge >= 0.3 is 35.8 Å². The average molecular weight is 821 g/mol. The number of carbonyl (C=O) groups excluding carboxylic acids is 6. The minimum Gasteiger partial charge on any atom is -0.480 e. The number of aryl methyl sites for hydroxylation is 2. The van der Waals surface area contributed by atoms with Gasteiger partial charge in [0.25, 0.3) is 36.0 Å². The summed E-state index contributed by atoms with van der Waals surface area (Å²) in [5.74, 6) is -9.98. The first-order valence-electron chi connectivity index (χ1n) is 17.8. The number of hydrogen-bond donors (Lipinski definition) is 2. The van der Waals surface area contributed by atoms with Crippen LogP contribution in [0.1, 0.15) is 55.1 Å². The maximum Gasteiger partial charge on any atom is 0.348 e. The number of esters is 6. The third-order valence-electron chi connectivity index (χ3n) is 8.79. The van der Waals surface area contributed by atoms with E-state index < -0.39 is 71.9 Å². The number of allylic oxidation sites excluding steroid dienone is 8. The maximum atomic E-state index is 12.9. The van der Waals surface area contributed by atoms with Crippen molar-refractivity contribution in [1.29, 1.82) is 0 Å². The maximum absolute atomic E-state index is 12.9. The number of methoxy groups -OCH3 is 2. The van der Waals surface area contributed by atoms with Crippen LogP contribution in [0.3, 0.4) is 0 Å². The number of ether oxygens (including phenoxy) is 10. The number of hydrogen-bond acceptors (Lipinski definition) is 18. The monoisotopic (exact) mass is 820 g/mol. The van der Waals surface area contributed by atoms with Crippen LogP contribution < -0.4 is 0 Å². The lowest BCUT2D eigenvalue weighted by molar-refractivity contribution is -0.250. The topological polar surface area (TPSA) is 235 Å². The van der Waals surface area contributed by atoms with Crippen LogP contribution in [-0.4, -0.2) is 85.0 Å². The molecule has 5 rings (SSSR count). The van der Waals surface area contributed by atoms with Crippen molar-refractivity contribution in [2.75, 3.05) is 27.4 Å². The first kappa shape index (κ1) is 43.2. The molecule has 2 fully saturated rings. The molecule has 2 saturated heterocycles. The van der Waals surface area contributed by atoms with Crippen LogP contribution in [0.4, 0.5) is 0 Å². The summed E-state index contributed by atoms with van der Waals surface area (Å²) in [6, 6.07) is 3.13. The van der Waals surface area contributed by atoms with Gasteiger partial charge in [0.15, 0.2) is 0 Å². The lowest BCUT2D eigenvalue weighted by Gasteiger charge is -2.34. The Morgan fingerprint density at radius 1 is 0.593 bits per heavy atom. The second-order valence-corrected chi connectivity index (χ2v) is 13.2. The zero-order valence-electron chi connectivity index (χ0n) is 32.6. The largest absolute Gasteiger partial charge is 0.480 e. The van der Waals surface area contributed by atoms with Crippen molar-refractivity contribution < 1.29 is 86.3 Å². The van der Waals surface area contributed by atoms with Gasteiger partial charge in [-0.3, -0.25) is 0 Å². The molecular weight excluding hydrogens is 780 g/mol. The normalized spacial score (nSPS) is 25.2. The van der Waals surface area contributed by atoms with Gasteiger partial charge in [-0.1, -0.05) is 43.4 Å². The fraction of sp³-hybridized carbons (Fsp3) is 0.317. The van der Waals surface area contributed by atoms with E-state index in [0.717, 1.165) is 6.08 Å². The van der Waals surface area contributed by atoms with Crippen LogP contribution in [-0.2, 0) is 76.1 Å². The minimum absolute atomic E-state index is 0.130. The smallest absolute Gasteiger partial charge is 0.348 e. The molecule has 4 aliphatic rings. The number of aliphatic hydroxyl groups excluding tert-OH is 2. The van der Waals surface area contributed by atoms with Gasteiger partial charge in [0, 0.05) is 38.7 Å². The highest BCUT2D eigenvalue weighted by Crippen LogP contribution is 2.37. The minimum atomic E-state index is -1.55. The predicted molar refractivity (Wildman–Crippen MR) is 197 cm³/mol. The highest BCUT2D eigenvalue weighted by atomic mass is 16.8. The molecule has 0 spiro atoms. The molecule has 59 heavy (non-hydrogen) atoms. The molecule has 0 radical (unpaired) electrons. The predicted octanol–water partition coefficient (Wildman–Crippen LogP) is 4.38. The Balaban J connectivity index is 1.20. The lowest BCUT2D eigenvalue weighted by Crippen LogP contribution is -2.49. The summed E-state index contributed by atoms with van der Waals surface area (Å²) in [5, 5.41) is 21.2. The third-order valence-corrected chi connectivity index (χ3v) is 8.79. The standard InChI is InChI=1S/C41H40O18/c1-7-41(21-51-6)58-36(48)27(37(49)59-41)17-13-9-11-15-25-32(44)54-39(55-33(25)45)29-19-22(2)28(18-23(29)3)38-52-30(42)24(31(43)53-38)14-10-8-12-16-26-34(46)56-40(4,20-50-5)57-35(26)47/h8-19,38-39,42,44H,7,20-21H2,1-6H3. The van der Waals surface area contributed by atoms with Crippen molar-refractivity contribution in [1.82, 2.24) is 0 Å². The van der Waals surface area contributed by atoms with Crippen molar-refractivity contribution >= 4 is 35.8 Å². The first-order chi connectivity index (χ1) is 28.0. The number of benzene rings is 1. The highest BCUT2D eigenvalue weighted by molar-refractivity contribution is 6.16. The SMILES string of the molecule is CCC1(COC)OC(=O)C(=CC=CC=CC2=C(O)OC(c3cc(C)c(C4OC(=O)C(C=CC=CC=C5C(=O)OC(C)(COC)OC5=O)=C(O)O4)cc3C)OC2=O)C(=O)O1. The molecule has 1 aromatic carbocycles. The van der Waals surface area contributed by atoms with Crippen LogP contribution in [0.5, 0.6) is 0 Å². The van der Waals surface area contributed by atoms with Crippen LogP contribution in [0.25, 0.3) is 0 Å². The molecule has 312 valence electrons. The molecule has 2 N–H and O–H groups in total. The molecule has 0 bridgehead atoms. The molecule has 4 aliphatic heterocycles. The molecule has 0 saturated carbocycles. The third kappa shape index (κ3) is 9.79. The van der Waals surface area contributed by atoms with Gasteiger partial charge in [-0.15, -0.1) is 0 Å². The summed E-state index contributed by atoms with van der Waals surface area (Å²) in [7, 11) is 2.73. The molecular formula is C41H40O18. The van der Waals surface area contributed by atoms with Gasteiger partial charge in [-0.25, -0.2) is 28.8 Å². The van der Waals surface area contributed by atoms with E-state index in [0.29, 0.717) is 22.3 Å². The van der Waals surface area contributed by atoms with E-state index in [1.165, 1.54) is 75.8 Å². The van der Waals surface area contributed by atoms with E-state index >= 15 is 0 Å². The van der Waals surface area contributed by atoms with E-state index in [1.54, 1.807) is 32.9 Å². The van der Waals surface area contributed by atoms with E-state index in [9.17, 15) is 39.0 Å². The van der Waals surface area contributed by atoms with Gasteiger partial charge in [0.2, 0.25) is 0 Å². The fourth-order valence-corrected chi connectivity index (χ4v) is 5.79. The van der Waals surface area contributed by atoms with Crippen LogP contribution >= 0.6 is 0 Å². The Morgan fingerprint density at radius 3 is 1.37 bits per heavy atom. The van der Waals surface area contributed by atoms with E-state index in [2.05, 4.69) is 0 Å². The van der Waals surface area contributed by atoms with Crippen LogP contribution in [0, 0.1) is 13.8 Å². The summed E-state index contributed by atoms with van der Waals surface area (Å²) in [6.45, 7) is 6.05. The van der Waals surface area contributed by atoms with E-state index in [-0.39, 0.29) is 41.9 Å². The molecule has 18 nitrogen and oxygen atoms in total. The van der Waals surface area contributed by atoms with Gasteiger partial charge in [0.1, 0.15) is 35.5 Å². The second kappa shape index (κ2) is 18.1. The second-order valence-electron chi connectivity index (χ2n) is 13.2. The number of carbonyl (C=O) groups is 6. The Hall–Kier alpha value is -6.92. The summed E-state index contributed by atoms with van der Waals surface area (Å²) in [4.78, 5) is 75.1. The average Bonchev–Trinajstić information content (AvgIpc) is 3.15. The molecule has 0 aromatic heterocycles. The molecule has 0 amide bonds. The summed E-state index contributed by atoms with van der Waals surface area (Å²) < 4.78 is 52.6. The molecule has 2 atom stereocenters. The summed E-state index contributed by atoms with van der Waals surface area (Å²) in [6.07, 6.45) is 10.2. The van der Waals surface area contributed by atoms with Crippen molar-refractivity contribution in [3.63, 3.8) is 0 Å². The molecule has 1 aromatic rings. The van der Waals surface area contributed by atoms with Crippen molar-refractivity contribution in [2.24, 2.45) is 0 Å². The van der Waals surface area contributed by atoms with Gasteiger partial charge in [-0.2, -0.15) is 0 Å². The van der Waals surface area contributed by atoms with Gasteiger partial charge < -0.3 is 57.6 Å². The quantitative estimate of drug-likeness (QED) is 0.0923. The Labute approximate surface area is 336 Å². The van der Waals surface area contributed by atoms with Crippen LogP contribution in [0.2, 0.25) is 0 Å². The number of rotatable bonds is 13. The molecule has 4 heterocycles. The number of cyclic esters (lactones) is 6. The Kier molecular flexibility index (Phi) is 13.3. The van der Waals surface area contributed by atoms with E-state index in [4.69, 9.17) is 47.4 Å². The van der Waals surface area contributed by atoms with E-state index in [1.807, 2.05) is 0 Å². The summed E-state index contributed by atoms with van der Waals surface area (Å²) in [5.41, 5.74) is 0.278. The Bertz CT molecular complexity index is 2140. The van der Waals surface area contributed by atoms with Gasteiger partial charge in [-0.05, 0) is 61.4 Å². The molecule has 2 unspecified atom stereocenters. The van der Waals surface area contributed by atoms with Crippen LogP contribution in [0.15, 0.2) is 107 Å². The first-order valence-corrected chi connectivity index (χ1v) is 17.8. The van der Waals surface area contributed by atoms with Crippen molar-refractivity contribution in [3.8, 4) is 0 Å². The van der Waals surface area contributed by atoms with Gasteiger partial charge in [0.05, 0.1) is 0 Å². The number of aliphatic hydroxyl groups is 2. The van der Waals surface area contributed by atoms with Crippen molar-refractivity contribution in [2.45, 2.75) is 58.3 Å². The fourth-order valence-electron chi connectivity index (χ4n) is 5.79. The molecule has 0 aliphatic carbocycles. The summed E-state index contributed by atoms with van der Waals surface area (Å²) >= 11 is 0. The molecule has 18 heteroatoms. The Morgan fingerprint density at radius 2 is 1.00 bits per heavy atom. The lowest BCUT2D eigenvalue weighted by atomic mass is 9.98. The zero-order chi connectivity index (χ0) is 43.1.